The molecule has 2 heterocycles. The molecule has 2 saturated heterocycles. The van der Waals surface area contributed by atoms with Gasteiger partial charge in [-0.05, 0) is 24.0 Å². The van der Waals surface area contributed by atoms with Gasteiger partial charge in [0.2, 0.25) is 0 Å². The van der Waals surface area contributed by atoms with E-state index < -0.39 is 0 Å². The van der Waals surface area contributed by atoms with Gasteiger partial charge in [-0.2, -0.15) is 11.8 Å². The van der Waals surface area contributed by atoms with E-state index in [1.807, 2.05) is 0 Å². The standard InChI is InChI=1S/C24H30N2OS/c27-15-9-3-8-14-23-24-22(18-28-23)25(16-20-10-4-1-5-11-20)19-26(24)17-21-12-6-2-7-13-21/h1-2,4-7,10-13,15,22-24H,3,8-9,14,16-19H2/t22-,23?,24-/m0/s1. The molecule has 0 radical (unpaired) electrons. The quantitative estimate of drug-likeness (QED) is 0.459. The molecule has 3 atom stereocenters. The highest BCUT2D eigenvalue weighted by Gasteiger charge is 2.48. The van der Waals surface area contributed by atoms with Crippen LogP contribution in [0.2, 0.25) is 0 Å². The first-order valence-corrected chi connectivity index (χ1v) is 11.5. The van der Waals surface area contributed by atoms with Crippen molar-refractivity contribution in [2.45, 2.75) is 56.1 Å². The molecule has 0 bridgehead atoms. The maximum absolute atomic E-state index is 10.6. The number of hydrogen-bond acceptors (Lipinski definition) is 4. The van der Waals surface area contributed by atoms with E-state index in [1.54, 1.807) is 0 Å². The first kappa shape index (κ1) is 19.7. The lowest BCUT2D eigenvalue weighted by molar-refractivity contribution is -0.107. The topological polar surface area (TPSA) is 23.6 Å². The molecule has 1 unspecified atom stereocenters. The zero-order valence-corrected chi connectivity index (χ0v) is 17.3. The number of unbranched alkanes of at least 4 members (excludes halogenated alkanes) is 2. The number of rotatable bonds is 9. The SMILES string of the molecule is O=CCCCCC1SC[C@H]2[C@@H]1N(Cc1ccccc1)CN2Cc1ccccc1. The van der Waals surface area contributed by atoms with E-state index in [-0.39, 0.29) is 0 Å². The lowest BCUT2D eigenvalue weighted by Crippen LogP contribution is -2.40. The van der Waals surface area contributed by atoms with Crippen molar-refractivity contribution in [2.75, 3.05) is 12.4 Å². The van der Waals surface area contributed by atoms with E-state index in [0.29, 0.717) is 23.8 Å². The Morgan fingerprint density at radius 1 is 0.893 bits per heavy atom. The molecule has 28 heavy (non-hydrogen) atoms. The highest BCUT2D eigenvalue weighted by atomic mass is 32.2. The average Bonchev–Trinajstić information content (AvgIpc) is 3.29. The number of carbonyl (C=O) groups is 1. The van der Waals surface area contributed by atoms with E-state index in [1.165, 1.54) is 23.3 Å². The van der Waals surface area contributed by atoms with Crippen LogP contribution < -0.4 is 0 Å². The summed E-state index contributed by atoms with van der Waals surface area (Å²) in [6, 6.07) is 23.0. The van der Waals surface area contributed by atoms with Crippen molar-refractivity contribution < 1.29 is 4.79 Å². The predicted molar refractivity (Wildman–Crippen MR) is 117 cm³/mol. The van der Waals surface area contributed by atoms with Gasteiger partial charge in [0.05, 0.1) is 6.67 Å². The third kappa shape index (κ3) is 4.68. The van der Waals surface area contributed by atoms with Gasteiger partial charge in [0.15, 0.2) is 0 Å². The van der Waals surface area contributed by atoms with E-state index in [0.717, 1.165) is 38.9 Å². The normalized spacial score (nSPS) is 25.1. The van der Waals surface area contributed by atoms with E-state index >= 15 is 0 Å². The van der Waals surface area contributed by atoms with Crippen LogP contribution in [0.15, 0.2) is 60.7 Å². The van der Waals surface area contributed by atoms with Gasteiger partial charge in [0.25, 0.3) is 0 Å². The molecule has 4 heteroatoms. The Morgan fingerprint density at radius 3 is 2.18 bits per heavy atom. The molecule has 2 aliphatic rings. The molecule has 0 saturated carbocycles. The van der Waals surface area contributed by atoms with Crippen LogP contribution >= 0.6 is 11.8 Å². The summed E-state index contributed by atoms with van der Waals surface area (Å²) in [5, 5.41) is 0.682. The van der Waals surface area contributed by atoms with Crippen molar-refractivity contribution in [1.82, 2.24) is 9.80 Å². The zero-order valence-electron chi connectivity index (χ0n) is 16.5. The molecule has 0 aromatic heterocycles. The fraction of sp³-hybridized carbons (Fsp3) is 0.458. The van der Waals surface area contributed by atoms with Crippen molar-refractivity contribution in [3.8, 4) is 0 Å². The van der Waals surface area contributed by atoms with Crippen LogP contribution in [0.25, 0.3) is 0 Å². The molecule has 3 nitrogen and oxygen atoms in total. The van der Waals surface area contributed by atoms with Gasteiger partial charge in [0.1, 0.15) is 6.29 Å². The number of aldehydes is 1. The van der Waals surface area contributed by atoms with Gasteiger partial charge in [0, 0.05) is 42.6 Å². The fourth-order valence-corrected chi connectivity index (χ4v) is 6.42. The van der Waals surface area contributed by atoms with Gasteiger partial charge >= 0.3 is 0 Å². The second-order valence-electron chi connectivity index (χ2n) is 7.99. The van der Waals surface area contributed by atoms with E-state index in [4.69, 9.17) is 0 Å². The summed E-state index contributed by atoms with van der Waals surface area (Å²) in [5.41, 5.74) is 2.81. The summed E-state index contributed by atoms with van der Waals surface area (Å²) in [5.74, 6) is 1.22. The van der Waals surface area contributed by atoms with Crippen molar-refractivity contribution in [2.24, 2.45) is 0 Å². The Labute approximate surface area is 173 Å². The molecular weight excluding hydrogens is 364 g/mol. The summed E-state index contributed by atoms with van der Waals surface area (Å²) in [7, 11) is 0. The molecule has 4 rings (SSSR count). The number of fused-ring (bicyclic) bond motifs is 1. The Hall–Kier alpha value is -1.62. The molecule has 148 valence electrons. The van der Waals surface area contributed by atoms with Crippen molar-refractivity contribution >= 4 is 18.0 Å². The Balaban J connectivity index is 1.47. The molecule has 0 spiro atoms. The van der Waals surface area contributed by atoms with Crippen LogP contribution in [0.3, 0.4) is 0 Å². The highest BCUT2D eigenvalue weighted by molar-refractivity contribution is 8.00. The lowest BCUT2D eigenvalue weighted by Gasteiger charge is -2.27. The fourth-order valence-electron chi connectivity index (χ4n) is 4.69. The summed E-state index contributed by atoms with van der Waals surface area (Å²) >= 11 is 2.15. The van der Waals surface area contributed by atoms with Crippen molar-refractivity contribution in [3.05, 3.63) is 71.8 Å². The van der Waals surface area contributed by atoms with Crippen LogP contribution in [0.1, 0.15) is 36.8 Å². The van der Waals surface area contributed by atoms with Crippen LogP contribution in [0.4, 0.5) is 0 Å². The highest BCUT2D eigenvalue weighted by Crippen LogP contribution is 2.41. The number of nitrogens with zero attached hydrogens (tertiary/aromatic N) is 2. The third-order valence-corrected chi connectivity index (χ3v) is 7.50. The van der Waals surface area contributed by atoms with Crippen molar-refractivity contribution in [1.29, 1.82) is 0 Å². The summed E-state index contributed by atoms with van der Waals surface area (Å²) in [6.45, 7) is 3.11. The minimum atomic E-state index is 0.616. The van der Waals surface area contributed by atoms with Crippen molar-refractivity contribution in [3.63, 3.8) is 0 Å². The molecular formula is C24H30N2OS. The largest absolute Gasteiger partial charge is 0.303 e. The number of thioether (sulfide) groups is 1. The summed E-state index contributed by atoms with van der Waals surface area (Å²) < 4.78 is 0. The number of benzene rings is 2. The summed E-state index contributed by atoms with van der Waals surface area (Å²) in [6.07, 6.45) is 5.19. The average molecular weight is 395 g/mol. The Bertz CT molecular complexity index is 739. The molecule has 0 amide bonds. The van der Waals surface area contributed by atoms with Gasteiger partial charge < -0.3 is 4.79 Å². The van der Waals surface area contributed by atoms with Gasteiger partial charge in [-0.3, -0.25) is 9.80 Å². The third-order valence-electron chi connectivity index (χ3n) is 6.03. The molecule has 0 aliphatic carbocycles. The van der Waals surface area contributed by atoms with Crippen LogP contribution in [-0.2, 0) is 17.9 Å². The molecule has 2 aromatic rings. The molecule has 2 aliphatic heterocycles. The number of carbonyl (C=O) groups excluding carboxylic acids is 1. The lowest BCUT2D eigenvalue weighted by atomic mass is 10.0. The first-order chi connectivity index (χ1) is 13.8. The smallest absolute Gasteiger partial charge is 0.119 e. The van der Waals surface area contributed by atoms with Crippen LogP contribution in [-0.4, -0.2) is 45.8 Å². The monoisotopic (exact) mass is 394 g/mol. The minimum Gasteiger partial charge on any atom is -0.303 e. The Kier molecular flexibility index (Phi) is 6.84. The Morgan fingerprint density at radius 2 is 1.54 bits per heavy atom. The van der Waals surface area contributed by atoms with E-state index in [2.05, 4.69) is 82.2 Å². The maximum Gasteiger partial charge on any atom is 0.119 e. The number of hydrogen-bond donors (Lipinski definition) is 0. The summed E-state index contributed by atoms with van der Waals surface area (Å²) in [4.78, 5) is 16.0. The van der Waals surface area contributed by atoms with Gasteiger partial charge in [-0.15, -0.1) is 0 Å². The van der Waals surface area contributed by atoms with Gasteiger partial charge in [-0.25, -0.2) is 0 Å². The van der Waals surface area contributed by atoms with E-state index in [9.17, 15) is 4.79 Å². The predicted octanol–water partition coefficient (Wildman–Crippen LogP) is 4.57. The molecule has 2 fully saturated rings. The maximum atomic E-state index is 10.6. The van der Waals surface area contributed by atoms with Crippen LogP contribution in [0.5, 0.6) is 0 Å². The second kappa shape index (κ2) is 9.73. The second-order valence-corrected chi connectivity index (χ2v) is 9.26. The zero-order chi connectivity index (χ0) is 19.2. The molecule has 2 aromatic carbocycles. The minimum absolute atomic E-state index is 0.616. The van der Waals surface area contributed by atoms with Crippen LogP contribution in [0, 0.1) is 0 Å². The first-order valence-electron chi connectivity index (χ1n) is 10.5. The van der Waals surface area contributed by atoms with Gasteiger partial charge in [-0.1, -0.05) is 67.1 Å². The molecule has 0 N–H and O–H groups in total.